The minimum Gasteiger partial charge on any atom is -0.304 e. The quantitative estimate of drug-likeness (QED) is 0.544. The molecule has 0 amide bonds. The first-order chi connectivity index (χ1) is 13.1. The van der Waals surface area contributed by atoms with E-state index < -0.39 is 0 Å². The zero-order valence-electron chi connectivity index (χ0n) is 15.2. The van der Waals surface area contributed by atoms with Crippen molar-refractivity contribution < 1.29 is 4.79 Å². The summed E-state index contributed by atoms with van der Waals surface area (Å²) in [6.07, 6.45) is 0. The van der Waals surface area contributed by atoms with Crippen LogP contribution < -0.4 is 5.56 Å². The predicted molar refractivity (Wildman–Crippen MR) is 104 cm³/mol. The normalized spacial score (nSPS) is 17.3. The molecule has 0 radical (unpaired) electrons. The van der Waals surface area contributed by atoms with Crippen molar-refractivity contribution in [3.8, 4) is 5.69 Å². The SMILES string of the molecule is CN1CCN(Cc2ccc3nc4n(c(=O)c3c2)-c2ccccc2C4=O)CC1. The Balaban J connectivity index is 1.58. The molecule has 0 bridgehead atoms. The van der Waals surface area contributed by atoms with Gasteiger partial charge >= 0.3 is 0 Å². The van der Waals surface area contributed by atoms with E-state index in [1.807, 2.05) is 30.3 Å². The Bertz CT molecular complexity index is 1130. The lowest BCUT2D eigenvalue weighted by molar-refractivity contribution is 0.103. The van der Waals surface area contributed by atoms with Crippen LogP contribution in [0.2, 0.25) is 0 Å². The van der Waals surface area contributed by atoms with Gasteiger partial charge in [-0.3, -0.25) is 19.1 Å². The Morgan fingerprint density at radius 2 is 1.78 bits per heavy atom. The molecule has 2 aliphatic rings. The molecule has 3 heterocycles. The summed E-state index contributed by atoms with van der Waals surface area (Å²) in [4.78, 5) is 35.0. The number of carbonyl (C=O) groups excluding carboxylic acids is 1. The maximum absolute atomic E-state index is 13.2. The fraction of sp³-hybridized carbons (Fsp3) is 0.286. The second-order valence-corrected chi connectivity index (χ2v) is 7.35. The number of para-hydroxylation sites is 1. The van der Waals surface area contributed by atoms with Crippen molar-refractivity contribution in [1.82, 2.24) is 19.4 Å². The molecule has 2 aliphatic heterocycles. The van der Waals surface area contributed by atoms with Gasteiger partial charge in [-0.25, -0.2) is 4.98 Å². The molecule has 0 aliphatic carbocycles. The monoisotopic (exact) mass is 360 g/mol. The number of aromatic nitrogens is 2. The van der Waals surface area contributed by atoms with Crippen LogP contribution >= 0.6 is 0 Å². The number of piperazine rings is 1. The summed E-state index contributed by atoms with van der Waals surface area (Å²) in [6.45, 7) is 4.99. The molecule has 1 saturated heterocycles. The van der Waals surface area contributed by atoms with E-state index in [2.05, 4.69) is 21.8 Å². The number of hydrogen-bond donors (Lipinski definition) is 0. The van der Waals surface area contributed by atoms with Gasteiger partial charge in [0.15, 0.2) is 5.82 Å². The zero-order chi connectivity index (χ0) is 18.5. The summed E-state index contributed by atoms with van der Waals surface area (Å²) in [6, 6.07) is 13.0. The topological polar surface area (TPSA) is 58.4 Å². The Hall–Kier alpha value is -2.83. The van der Waals surface area contributed by atoms with Crippen LogP contribution in [0, 0.1) is 0 Å². The van der Waals surface area contributed by atoms with E-state index in [4.69, 9.17) is 0 Å². The van der Waals surface area contributed by atoms with E-state index in [1.165, 1.54) is 4.57 Å². The van der Waals surface area contributed by atoms with Crippen molar-refractivity contribution >= 4 is 16.7 Å². The Kier molecular flexibility index (Phi) is 3.70. The minimum atomic E-state index is -0.189. The van der Waals surface area contributed by atoms with Gasteiger partial charge in [0, 0.05) is 32.7 Å². The van der Waals surface area contributed by atoms with Gasteiger partial charge in [0.1, 0.15) is 0 Å². The van der Waals surface area contributed by atoms with Crippen LogP contribution in [-0.4, -0.2) is 58.4 Å². The molecule has 136 valence electrons. The second kappa shape index (κ2) is 6.11. The van der Waals surface area contributed by atoms with Crippen LogP contribution in [0.3, 0.4) is 0 Å². The van der Waals surface area contributed by atoms with Gasteiger partial charge in [0.05, 0.1) is 22.2 Å². The van der Waals surface area contributed by atoms with E-state index in [0.29, 0.717) is 22.2 Å². The number of fused-ring (bicyclic) bond motifs is 4. The maximum atomic E-state index is 13.2. The van der Waals surface area contributed by atoms with Crippen molar-refractivity contribution in [2.24, 2.45) is 0 Å². The van der Waals surface area contributed by atoms with Gasteiger partial charge in [0.2, 0.25) is 5.78 Å². The Labute approximate surface area is 156 Å². The molecule has 5 rings (SSSR count). The fourth-order valence-electron chi connectivity index (χ4n) is 3.95. The van der Waals surface area contributed by atoms with Gasteiger partial charge in [-0.05, 0) is 36.9 Å². The highest BCUT2D eigenvalue weighted by Gasteiger charge is 2.29. The van der Waals surface area contributed by atoms with Gasteiger partial charge < -0.3 is 4.90 Å². The third kappa shape index (κ3) is 2.60. The number of nitrogens with zero attached hydrogens (tertiary/aromatic N) is 4. The first kappa shape index (κ1) is 16.4. The largest absolute Gasteiger partial charge is 0.304 e. The Morgan fingerprint density at radius 3 is 2.59 bits per heavy atom. The van der Waals surface area contributed by atoms with Crippen molar-refractivity contribution in [3.05, 3.63) is 69.8 Å². The number of benzene rings is 2. The van der Waals surface area contributed by atoms with Crippen LogP contribution in [-0.2, 0) is 6.54 Å². The average Bonchev–Trinajstić information content (AvgIpc) is 2.97. The van der Waals surface area contributed by atoms with E-state index in [-0.39, 0.29) is 17.2 Å². The summed E-state index contributed by atoms with van der Waals surface area (Å²) < 4.78 is 1.46. The van der Waals surface area contributed by atoms with E-state index in [9.17, 15) is 9.59 Å². The third-order valence-electron chi connectivity index (χ3n) is 5.53. The fourth-order valence-corrected chi connectivity index (χ4v) is 3.95. The molecular formula is C21H20N4O2. The van der Waals surface area contributed by atoms with Crippen molar-refractivity contribution in [2.75, 3.05) is 33.2 Å². The summed E-state index contributed by atoms with van der Waals surface area (Å²) >= 11 is 0. The lowest BCUT2D eigenvalue weighted by Gasteiger charge is -2.32. The molecule has 0 N–H and O–H groups in total. The predicted octanol–water partition coefficient (Wildman–Crippen LogP) is 1.68. The maximum Gasteiger partial charge on any atom is 0.266 e. The molecule has 3 aromatic rings. The van der Waals surface area contributed by atoms with Crippen molar-refractivity contribution in [2.45, 2.75) is 6.54 Å². The van der Waals surface area contributed by atoms with Crippen LogP contribution in [0.25, 0.3) is 16.6 Å². The van der Waals surface area contributed by atoms with Gasteiger partial charge in [-0.2, -0.15) is 0 Å². The van der Waals surface area contributed by atoms with E-state index in [1.54, 1.807) is 12.1 Å². The van der Waals surface area contributed by atoms with Crippen LogP contribution in [0.15, 0.2) is 47.3 Å². The van der Waals surface area contributed by atoms with Gasteiger partial charge in [-0.15, -0.1) is 0 Å². The molecule has 1 aromatic heterocycles. The zero-order valence-corrected chi connectivity index (χ0v) is 15.2. The number of carbonyl (C=O) groups is 1. The molecule has 0 unspecified atom stereocenters. The lowest BCUT2D eigenvalue weighted by Crippen LogP contribution is -2.43. The molecule has 6 nitrogen and oxygen atoms in total. The molecule has 2 aromatic carbocycles. The number of rotatable bonds is 2. The van der Waals surface area contributed by atoms with Crippen LogP contribution in [0.5, 0.6) is 0 Å². The summed E-state index contributed by atoms with van der Waals surface area (Å²) in [7, 11) is 2.14. The van der Waals surface area contributed by atoms with Crippen molar-refractivity contribution in [1.29, 1.82) is 0 Å². The lowest BCUT2D eigenvalue weighted by atomic mass is 10.1. The van der Waals surface area contributed by atoms with Crippen LogP contribution in [0.1, 0.15) is 21.7 Å². The first-order valence-corrected chi connectivity index (χ1v) is 9.22. The van der Waals surface area contributed by atoms with Crippen molar-refractivity contribution in [3.63, 3.8) is 0 Å². The molecule has 6 heteroatoms. The van der Waals surface area contributed by atoms with Crippen LogP contribution in [0.4, 0.5) is 0 Å². The average molecular weight is 360 g/mol. The number of hydrogen-bond acceptors (Lipinski definition) is 5. The standard InChI is InChI=1S/C21H20N4O2/c1-23-8-10-24(11-9-23)13-14-6-7-17-16(12-14)21(27)25-18-5-3-2-4-15(18)19(26)20(25)22-17/h2-7,12H,8-11,13H2,1H3. The molecule has 27 heavy (non-hydrogen) atoms. The molecule has 1 fully saturated rings. The summed E-state index contributed by atoms with van der Waals surface area (Å²) in [5, 5.41) is 0.565. The minimum absolute atomic E-state index is 0.173. The highest BCUT2D eigenvalue weighted by atomic mass is 16.1. The molecule has 0 atom stereocenters. The number of likely N-dealkylation sites (N-methyl/N-ethyl adjacent to an activating group) is 1. The molecule has 0 saturated carbocycles. The van der Waals surface area contributed by atoms with Gasteiger partial charge in [0.25, 0.3) is 5.56 Å². The molecule has 0 spiro atoms. The Morgan fingerprint density at radius 1 is 1.00 bits per heavy atom. The van der Waals surface area contributed by atoms with E-state index >= 15 is 0 Å². The van der Waals surface area contributed by atoms with Gasteiger partial charge in [-0.1, -0.05) is 18.2 Å². The summed E-state index contributed by atoms with van der Waals surface area (Å²) in [5.74, 6) is 0.0200. The smallest absolute Gasteiger partial charge is 0.266 e. The second-order valence-electron chi connectivity index (χ2n) is 7.35. The number of ketones is 1. The highest BCUT2D eigenvalue weighted by molar-refractivity contribution is 6.13. The highest BCUT2D eigenvalue weighted by Crippen LogP contribution is 2.26. The third-order valence-corrected chi connectivity index (χ3v) is 5.53. The van der Waals surface area contributed by atoms with E-state index in [0.717, 1.165) is 38.3 Å². The molecular weight excluding hydrogens is 340 g/mol. The summed E-state index contributed by atoms with van der Waals surface area (Å²) in [5.41, 5.74) is 2.67. The first-order valence-electron chi connectivity index (χ1n) is 9.22.